The largest absolute Gasteiger partial charge is 0.432 e. The Morgan fingerprint density at radius 2 is 2.27 bits per heavy atom. The van der Waals surface area contributed by atoms with E-state index < -0.39 is 5.97 Å². The van der Waals surface area contributed by atoms with Gasteiger partial charge in [0.1, 0.15) is 0 Å². The summed E-state index contributed by atoms with van der Waals surface area (Å²) in [5, 5.41) is 0. The van der Waals surface area contributed by atoms with E-state index in [1.165, 1.54) is 17.2 Å². The van der Waals surface area contributed by atoms with Gasteiger partial charge >= 0.3 is 5.97 Å². The van der Waals surface area contributed by atoms with Crippen LogP contribution in [0.1, 0.15) is 6.42 Å². The number of carbonyl (C=O) groups excluding carboxylic acids is 2. The highest BCUT2D eigenvalue weighted by Gasteiger charge is 2.27. The molecule has 1 aliphatic heterocycles. The molecule has 1 rings (SSSR count). The van der Waals surface area contributed by atoms with Gasteiger partial charge in [0.05, 0.1) is 12.2 Å². The Kier molecular flexibility index (Phi) is 3.85. The molecule has 0 radical (unpaired) electrons. The van der Waals surface area contributed by atoms with Crippen molar-refractivity contribution in [3.63, 3.8) is 0 Å². The summed E-state index contributed by atoms with van der Waals surface area (Å²) in [6.07, 6.45) is 6.04. The van der Waals surface area contributed by atoms with Gasteiger partial charge in [0.2, 0.25) is 5.91 Å². The molecule has 1 saturated heterocycles. The maximum Gasteiger partial charge on any atom is 0.337 e. The molecule has 0 spiro atoms. The molecular formula is C11H13NO3. The van der Waals surface area contributed by atoms with Gasteiger partial charge < -0.3 is 9.64 Å². The molecule has 0 saturated carbocycles. The van der Waals surface area contributed by atoms with Crippen molar-refractivity contribution >= 4 is 11.9 Å². The zero-order valence-electron chi connectivity index (χ0n) is 8.39. The predicted molar refractivity (Wildman–Crippen MR) is 55.4 cm³/mol. The minimum absolute atomic E-state index is 0.0346. The normalized spacial score (nSPS) is 20.7. The predicted octanol–water partition coefficient (Wildman–Crippen LogP) is 1.22. The van der Waals surface area contributed by atoms with Gasteiger partial charge in [0.25, 0.3) is 0 Å². The standard InChI is InChI=1S/C11H13NO3/c1-3-9-5-7-12(11(9)14)8-6-10(13)15-4-2/h3-4,6,8-9H,1-2,5,7H2. The number of amides is 1. The van der Waals surface area contributed by atoms with Gasteiger partial charge in [-0.15, -0.1) is 6.58 Å². The van der Waals surface area contributed by atoms with Crippen LogP contribution in [-0.4, -0.2) is 23.3 Å². The molecule has 0 aliphatic carbocycles. The third-order valence-corrected chi connectivity index (χ3v) is 2.16. The highest BCUT2D eigenvalue weighted by atomic mass is 16.5. The Balaban J connectivity index is 2.53. The van der Waals surface area contributed by atoms with Gasteiger partial charge in [0, 0.05) is 18.8 Å². The fourth-order valence-electron chi connectivity index (χ4n) is 1.36. The molecule has 1 atom stereocenters. The summed E-state index contributed by atoms with van der Waals surface area (Å²) in [5.74, 6) is -0.711. The van der Waals surface area contributed by atoms with E-state index in [-0.39, 0.29) is 11.8 Å². The first-order valence-electron chi connectivity index (χ1n) is 4.61. The fraction of sp³-hybridized carbons (Fsp3) is 0.273. The zero-order valence-corrected chi connectivity index (χ0v) is 8.39. The molecular weight excluding hydrogens is 194 g/mol. The SMILES string of the molecule is C=COC(=O)C=CN1CCC(C=C)C1=O. The number of ether oxygens (including phenoxy) is 1. The summed E-state index contributed by atoms with van der Waals surface area (Å²) in [7, 11) is 0. The van der Waals surface area contributed by atoms with Gasteiger partial charge in [-0.25, -0.2) is 4.79 Å². The zero-order chi connectivity index (χ0) is 11.3. The number of likely N-dealkylation sites (tertiary alicyclic amines) is 1. The maximum absolute atomic E-state index is 11.5. The second kappa shape index (κ2) is 5.14. The molecule has 0 bridgehead atoms. The Labute approximate surface area is 88.5 Å². The van der Waals surface area contributed by atoms with Crippen molar-refractivity contribution < 1.29 is 14.3 Å². The van der Waals surface area contributed by atoms with Crippen molar-refractivity contribution in [2.24, 2.45) is 5.92 Å². The first-order chi connectivity index (χ1) is 7.19. The summed E-state index contributed by atoms with van der Waals surface area (Å²) in [4.78, 5) is 23.9. The van der Waals surface area contributed by atoms with Crippen molar-refractivity contribution in [2.75, 3.05) is 6.54 Å². The first-order valence-corrected chi connectivity index (χ1v) is 4.61. The van der Waals surface area contributed by atoms with E-state index in [4.69, 9.17) is 0 Å². The highest BCUT2D eigenvalue weighted by molar-refractivity contribution is 5.86. The topological polar surface area (TPSA) is 46.6 Å². The highest BCUT2D eigenvalue weighted by Crippen LogP contribution is 2.18. The van der Waals surface area contributed by atoms with Crippen molar-refractivity contribution in [2.45, 2.75) is 6.42 Å². The molecule has 1 aliphatic rings. The van der Waals surface area contributed by atoms with Crippen molar-refractivity contribution in [1.82, 2.24) is 4.90 Å². The Morgan fingerprint density at radius 1 is 1.53 bits per heavy atom. The van der Waals surface area contributed by atoms with Crippen molar-refractivity contribution in [1.29, 1.82) is 0 Å². The lowest BCUT2D eigenvalue weighted by Gasteiger charge is -2.08. The molecule has 4 heteroatoms. The summed E-state index contributed by atoms with van der Waals surface area (Å²) in [6.45, 7) is 7.43. The molecule has 1 heterocycles. The summed E-state index contributed by atoms with van der Waals surface area (Å²) in [6, 6.07) is 0. The Morgan fingerprint density at radius 3 is 2.80 bits per heavy atom. The van der Waals surface area contributed by atoms with E-state index in [1.54, 1.807) is 6.08 Å². The second-order valence-electron chi connectivity index (χ2n) is 3.08. The summed E-state index contributed by atoms with van der Waals surface area (Å²) >= 11 is 0. The summed E-state index contributed by atoms with van der Waals surface area (Å²) in [5.41, 5.74) is 0. The molecule has 0 aromatic rings. The van der Waals surface area contributed by atoms with Crippen LogP contribution in [0.3, 0.4) is 0 Å². The van der Waals surface area contributed by atoms with E-state index in [0.29, 0.717) is 6.54 Å². The van der Waals surface area contributed by atoms with E-state index in [1.807, 2.05) is 0 Å². The van der Waals surface area contributed by atoms with Gasteiger partial charge in [-0.2, -0.15) is 0 Å². The Hall–Kier alpha value is -1.84. The van der Waals surface area contributed by atoms with Crippen LogP contribution in [0.15, 0.2) is 37.8 Å². The van der Waals surface area contributed by atoms with Gasteiger partial charge in [-0.1, -0.05) is 12.7 Å². The van der Waals surface area contributed by atoms with Crippen molar-refractivity contribution in [3.05, 3.63) is 37.8 Å². The monoisotopic (exact) mass is 207 g/mol. The summed E-state index contributed by atoms with van der Waals surface area (Å²) < 4.78 is 4.47. The van der Waals surface area contributed by atoms with Crippen LogP contribution in [-0.2, 0) is 14.3 Å². The van der Waals surface area contributed by atoms with E-state index in [9.17, 15) is 9.59 Å². The van der Waals surface area contributed by atoms with Gasteiger partial charge in [0.15, 0.2) is 0 Å². The molecule has 4 nitrogen and oxygen atoms in total. The van der Waals surface area contributed by atoms with Crippen LogP contribution < -0.4 is 0 Å². The molecule has 80 valence electrons. The molecule has 0 N–H and O–H groups in total. The molecule has 0 aromatic carbocycles. The maximum atomic E-state index is 11.5. The fourth-order valence-corrected chi connectivity index (χ4v) is 1.36. The number of nitrogens with zero attached hydrogens (tertiary/aromatic N) is 1. The first kappa shape index (κ1) is 11.2. The van der Waals surface area contributed by atoms with Crippen LogP contribution in [0.5, 0.6) is 0 Å². The van der Waals surface area contributed by atoms with E-state index >= 15 is 0 Å². The average molecular weight is 207 g/mol. The lowest BCUT2D eigenvalue weighted by Crippen LogP contribution is -2.21. The average Bonchev–Trinajstić information content (AvgIpc) is 2.57. The number of hydrogen-bond donors (Lipinski definition) is 0. The molecule has 1 amide bonds. The second-order valence-corrected chi connectivity index (χ2v) is 3.08. The van der Waals surface area contributed by atoms with Gasteiger partial charge in [-0.05, 0) is 6.42 Å². The number of hydrogen-bond acceptors (Lipinski definition) is 3. The van der Waals surface area contributed by atoms with Crippen LogP contribution in [0.25, 0.3) is 0 Å². The van der Waals surface area contributed by atoms with E-state index in [2.05, 4.69) is 17.9 Å². The minimum atomic E-state index is -0.542. The molecule has 15 heavy (non-hydrogen) atoms. The van der Waals surface area contributed by atoms with Crippen LogP contribution in [0.2, 0.25) is 0 Å². The van der Waals surface area contributed by atoms with Crippen LogP contribution >= 0.6 is 0 Å². The lowest BCUT2D eigenvalue weighted by atomic mass is 10.1. The quantitative estimate of drug-likeness (QED) is 0.301. The Bertz CT molecular complexity index is 320. The van der Waals surface area contributed by atoms with Gasteiger partial charge in [-0.3, -0.25) is 4.79 Å². The molecule has 0 aromatic heterocycles. The van der Waals surface area contributed by atoms with Crippen LogP contribution in [0.4, 0.5) is 0 Å². The van der Waals surface area contributed by atoms with Crippen LogP contribution in [0, 0.1) is 5.92 Å². The molecule has 1 unspecified atom stereocenters. The van der Waals surface area contributed by atoms with E-state index in [0.717, 1.165) is 12.7 Å². The number of rotatable bonds is 4. The molecule has 1 fully saturated rings. The lowest BCUT2D eigenvalue weighted by molar-refractivity contribution is -0.132. The number of esters is 1. The van der Waals surface area contributed by atoms with Crippen molar-refractivity contribution in [3.8, 4) is 0 Å². The third-order valence-electron chi connectivity index (χ3n) is 2.16. The smallest absolute Gasteiger partial charge is 0.337 e. The third kappa shape index (κ3) is 2.80. The number of carbonyl (C=O) groups is 2. The minimum Gasteiger partial charge on any atom is -0.432 e.